The lowest BCUT2D eigenvalue weighted by molar-refractivity contribution is -0.137. The van der Waals surface area contributed by atoms with Crippen LogP contribution < -0.4 is 5.01 Å². The second kappa shape index (κ2) is 6.26. The highest BCUT2D eigenvalue weighted by atomic mass is 79.9. The molecule has 3 heterocycles. The summed E-state index contributed by atoms with van der Waals surface area (Å²) in [5.74, 6) is -0.361. The lowest BCUT2D eigenvalue weighted by Crippen LogP contribution is -2.48. The summed E-state index contributed by atoms with van der Waals surface area (Å²) in [4.78, 5) is 12.9. The molecule has 4 rings (SSSR count). The molecule has 27 heavy (non-hydrogen) atoms. The Morgan fingerprint density at radius 3 is 2.70 bits per heavy atom. The van der Waals surface area contributed by atoms with Crippen LogP contribution in [-0.2, 0) is 12.6 Å². The number of fused-ring (bicyclic) bond motifs is 2. The van der Waals surface area contributed by atoms with Crippen LogP contribution in [0.1, 0.15) is 21.6 Å². The Balaban J connectivity index is 1.67. The number of alkyl halides is 3. The molecule has 0 N–H and O–H groups in total. The fraction of sp³-hybridized carbons (Fsp3) is 0.222. The highest BCUT2D eigenvalue weighted by Crippen LogP contribution is 2.35. The first-order valence-corrected chi connectivity index (χ1v) is 8.94. The maximum atomic E-state index is 13.0. The van der Waals surface area contributed by atoms with Crippen LogP contribution in [0.4, 0.5) is 18.9 Å². The molecule has 0 unspecified atom stereocenters. The molecular formula is C18H14BrF3N4O. The van der Waals surface area contributed by atoms with Gasteiger partial charge in [0, 0.05) is 24.3 Å². The van der Waals surface area contributed by atoms with Crippen molar-refractivity contribution in [3.8, 4) is 0 Å². The van der Waals surface area contributed by atoms with Crippen molar-refractivity contribution in [2.75, 3.05) is 18.6 Å². The molecule has 0 spiro atoms. The van der Waals surface area contributed by atoms with E-state index >= 15 is 0 Å². The molecule has 1 aliphatic rings. The average molecular weight is 439 g/mol. The van der Waals surface area contributed by atoms with Gasteiger partial charge in [0.1, 0.15) is 0 Å². The zero-order chi connectivity index (χ0) is 19.3. The van der Waals surface area contributed by atoms with Gasteiger partial charge in [0.05, 0.1) is 16.8 Å². The average Bonchev–Trinajstić information content (AvgIpc) is 3.03. The number of hydrazine groups is 1. The number of benzene rings is 1. The summed E-state index contributed by atoms with van der Waals surface area (Å²) >= 11 is 3.35. The molecule has 140 valence electrons. The van der Waals surface area contributed by atoms with E-state index in [1.165, 1.54) is 16.1 Å². The van der Waals surface area contributed by atoms with E-state index in [1.807, 2.05) is 12.1 Å². The smallest absolute Gasteiger partial charge is 0.285 e. The molecule has 0 atom stereocenters. The number of carbonyl (C=O) groups excluding carboxylic acids is 1. The van der Waals surface area contributed by atoms with Crippen LogP contribution in [0.2, 0.25) is 0 Å². The molecule has 0 fully saturated rings. The van der Waals surface area contributed by atoms with Crippen molar-refractivity contribution in [1.82, 2.24) is 14.6 Å². The summed E-state index contributed by atoms with van der Waals surface area (Å²) in [5, 5.41) is 7.17. The van der Waals surface area contributed by atoms with Gasteiger partial charge in [0.25, 0.3) is 5.91 Å². The number of aromatic nitrogens is 2. The van der Waals surface area contributed by atoms with Gasteiger partial charge < -0.3 is 0 Å². The third kappa shape index (κ3) is 3.16. The van der Waals surface area contributed by atoms with Crippen LogP contribution in [0.3, 0.4) is 0 Å². The number of nitrogens with zero attached hydrogens (tertiary/aromatic N) is 4. The molecule has 1 amide bonds. The summed E-state index contributed by atoms with van der Waals surface area (Å²) in [5.41, 5.74) is 1.39. The van der Waals surface area contributed by atoms with Crippen molar-refractivity contribution in [2.24, 2.45) is 0 Å². The second-order valence-electron chi connectivity index (χ2n) is 6.29. The van der Waals surface area contributed by atoms with Crippen molar-refractivity contribution < 1.29 is 18.0 Å². The summed E-state index contributed by atoms with van der Waals surface area (Å²) in [6.07, 6.45) is -2.23. The van der Waals surface area contributed by atoms with E-state index in [9.17, 15) is 18.0 Å². The van der Waals surface area contributed by atoms with E-state index < -0.39 is 11.7 Å². The number of halogens is 4. The van der Waals surface area contributed by atoms with E-state index in [0.29, 0.717) is 18.7 Å². The number of hydrogen-bond acceptors (Lipinski definition) is 3. The molecule has 3 aromatic rings. The van der Waals surface area contributed by atoms with Crippen LogP contribution in [0, 0.1) is 0 Å². The molecule has 5 nitrogen and oxygen atoms in total. The standard InChI is InChI=1S/C18H14BrF3N4O/c1-24-16-8-12(18(20,21)22)3-2-11(16)6-7-26(24)17(27)15-9-14-5-4-13(19)10-25(14)23-15/h2-5,8-10H,6-7H2,1H3. The monoisotopic (exact) mass is 438 g/mol. The quantitative estimate of drug-likeness (QED) is 0.572. The molecule has 0 saturated carbocycles. The topological polar surface area (TPSA) is 40.9 Å². The van der Waals surface area contributed by atoms with Gasteiger partial charge in [0.15, 0.2) is 5.69 Å². The fourth-order valence-electron chi connectivity index (χ4n) is 3.20. The Bertz CT molecular complexity index is 1050. The summed E-state index contributed by atoms with van der Waals surface area (Å²) in [6.45, 7) is 0.366. The normalized spacial score (nSPS) is 14.6. The molecule has 0 bridgehead atoms. The van der Waals surface area contributed by atoms with Crippen LogP contribution in [0.5, 0.6) is 0 Å². The van der Waals surface area contributed by atoms with Crippen molar-refractivity contribution in [3.05, 3.63) is 63.9 Å². The molecule has 0 aliphatic carbocycles. The van der Waals surface area contributed by atoms with Crippen molar-refractivity contribution in [3.63, 3.8) is 0 Å². The number of amides is 1. The Morgan fingerprint density at radius 2 is 1.96 bits per heavy atom. The van der Waals surface area contributed by atoms with Gasteiger partial charge in [0.2, 0.25) is 0 Å². The van der Waals surface area contributed by atoms with E-state index in [2.05, 4.69) is 21.0 Å². The molecular weight excluding hydrogens is 425 g/mol. The Hall–Kier alpha value is -2.55. The Labute approximate surface area is 161 Å². The van der Waals surface area contributed by atoms with Gasteiger partial charge >= 0.3 is 6.18 Å². The summed E-state index contributed by atoms with van der Waals surface area (Å²) < 4.78 is 41.5. The van der Waals surface area contributed by atoms with Crippen molar-refractivity contribution in [2.45, 2.75) is 12.6 Å². The van der Waals surface area contributed by atoms with Crippen LogP contribution in [0.25, 0.3) is 5.52 Å². The lowest BCUT2D eigenvalue weighted by atomic mass is 10.0. The van der Waals surface area contributed by atoms with E-state index in [-0.39, 0.29) is 11.6 Å². The number of hydrogen-bond donors (Lipinski definition) is 0. The Morgan fingerprint density at radius 1 is 1.19 bits per heavy atom. The van der Waals surface area contributed by atoms with E-state index in [4.69, 9.17) is 0 Å². The molecule has 1 aromatic carbocycles. The van der Waals surface area contributed by atoms with Gasteiger partial charge in [-0.15, -0.1) is 0 Å². The number of carbonyl (C=O) groups is 1. The van der Waals surface area contributed by atoms with E-state index in [0.717, 1.165) is 27.7 Å². The van der Waals surface area contributed by atoms with Crippen molar-refractivity contribution >= 4 is 33.0 Å². The summed E-state index contributed by atoms with van der Waals surface area (Å²) in [7, 11) is 1.59. The minimum Gasteiger partial charge on any atom is -0.285 e. The Kier molecular flexibility index (Phi) is 4.14. The van der Waals surface area contributed by atoms with Gasteiger partial charge in [-0.1, -0.05) is 6.07 Å². The number of anilines is 1. The third-order valence-corrected chi connectivity index (χ3v) is 5.06. The van der Waals surface area contributed by atoms with Crippen molar-refractivity contribution in [1.29, 1.82) is 0 Å². The minimum atomic E-state index is -4.43. The van der Waals surface area contributed by atoms with Gasteiger partial charge in [-0.05, 0) is 58.2 Å². The first kappa shape index (κ1) is 17.8. The van der Waals surface area contributed by atoms with Gasteiger partial charge in [-0.3, -0.25) is 9.80 Å². The van der Waals surface area contributed by atoms with E-state index in [1.54, 1.807) is 23.8 Å². The maximum absolute atomic E-state index is 13.0. The molecule has 2 aromatic heterocycles. The number of rotatable bonds is 1. The van der Waals surface area contributed by atoms with Gasteiger partial charge in [-0.2, -0.15) is 18.3 Å². The first-order chi connectivity index (χ1) is 12.7. The maximum Gasteiger partial charge on any atom is 0.416 e. The van der Waals surface area contributed by atoms with Gasteiger partial charge in [-0.25, -0.2) is 9.52 Å². The second-order valence-corrected chi connectivity index (χ2v) is 7.21. The zero-order valence-electron chi connectivity index (χ0n) is 14.2. The number of pyridine rings is 1. The SMILES string of the molecule is CN1c2cc(C(F)(F)F)ccc2CCN1C(=O)c1cc2ccc(Br)cn2n1. The largest absolute Gasteiger partial charge is 0.416 e. The third-order valence-electron chi connectivity index (χ3n) is 4.59. The molecule has 0 radical (unpaired) electrons. The van der Waals surface area contributed by atoms with Crippen LogP contribution in [-0.4, -0.2) is 34.1 Å². The predicted molar refractivity (Wildman–Crippen MR) is 97.5 cm³/mol. The summed E-state index contributed by atoms with van der Waals surface area (Å²) in [6, 6.07) is 8.94. The van der Waals surface area contributed by atoms with Crippen LogP contribution in [0.15, 0.2) is 47.1 Å². The molecule has 0 saturated heterocycles. The van der Waals surface area contributed by atoms with Crippen LogP contribution >= 0.6 is 15.9 Å². The fourth-order valence-corrected chi connectivity index (χ4v) is 3.52. The molecule has 1 aliphatic heterocycles. The minimum absolute atomic E-state index is 0.232. The first-order valence-electron chi connectivity index (χ1n) is 8.14. The lowest BCUT2D eigenvalue weighted by Gasteiger charge is -2.38. The highest BCUT2D eigenvalue weighted by Gasteiger charge is 2.34. The highest BCUT2D eigenvalue weighted by molar-refractivity contribution is 9.10. The molecule has 9 heteroatoms. The zero-order valence-corrected chi connectivity index (χ0v) is 15.8. The predicted octanol–water partition coefficient (Wildman–Crippen LogP) is 4.17.